The highest BCUT2D eigenvalue weighted by atomic mass is 16.5. The number of ketones is 1. The number of para-hydroxylation sites is 1. The summed E-state index contributed by atoms with van der Waals surface area (Å²) in [6, 6.07) is 34.1. The van der Waals surface area contributed by atoms with Crippen molar-refractivity contribution in [2.75, 3.05) is 0 Å². The topological polar surface area (TPSA) is 69.7 Å². The zero-order valence-electron chi connectivity index (χ0n) is 19.5. The molecule has 0 fully saturated rings. The molecule has 0 amide bonds. The summed E-state index contributed by atoms with van der Waals surface area (Å²) in [7, 11) is 0. The zero-order chi connectivity index (χ0) is 25.0. The molecule has 178 valence electrons. The monoisotopic (exact) mass is 476 g/mol. The molecule has 1 heterocycles. The molecule has 2 atom stereocenters. The molecule has 0 saturated carbocycles. The largest absolute Gasteiger partial charge is 0.461 e. The van der Waals surface area contributed by atoms with Crippen molar-refractivity contribution in [3.8, 4) is 5.75 Å². The number of hydrogen-bond donors (Lipinski definition) is 0. The molecule has 2 unspecified atom stereocenters. The fourth-order valence-electron chi connectivity index (χ4n) is 4.85. The fourth-order valence-corrected chi connectivity index (χ4v) is 4.85. The van der Waals surface area contributed by atoms with Crippen molar-refractivity contribution in [1.82, 2.24) is 0 Å². The van der Waals surface area contributed by atoms with Gasteiger partial charge in [-0.15, -0.1) is 0 Å². The Labute approximate surface area is 209 Å². The Kier molecular flexibility index (Phi) is 6.46. The van der Waals surface area contributed by atoms with Crippen LogP contribution < -0.4 is 4.74 Å². The van der Waals surface area contributed by atoms with E-state index < -0.39 is 23.3 Å². The van der Waals surface area contributed by atoms with Crippen molar-refractivity contribution in [2.45, 2.75) is 18.4 Å². The van der Waals surface area contributed by atoms with Crippen molar-refractivity contribution in [3.05, 3.63) is 138 Å². The number of ether oxygens (including phenoxy) is 2. The van der Waals surface area contributed by atoms with Crippen LogP contribution in [-0.2, 0) is 26.3 Å². The molecule has 0 bridgehead atoms. The predicted molar refractivity (Wildman–Crippen MR) is 134 cm³/mol. The van der Waals surface area contributed by atoms with E-state index in [4.69, 9.17) is 9.47 Å². The zero-order valence-corrected chi connectivity index (χ0v) is 19.5. The van der Waals surface area contributed by atoms with Crippen molar-refractivity contribution >= 4 is 17.7 Å². The van der Waals surface area contributed by atoms with Gasteiger partial charge in [-0.05, 0) is 17.2 Å². The fraction of sp³-hybridized carbons (Fsp3) is 0.129. The molecule has 0 N–H and O–H groups in total. The highest BCUT2D eigenvalue weighted by Crippen LogP contribution is 2.50. The lowest BCUT2D eigenvalue weighted by Gasteiger charge is -2.33. The molecule has 0 radical (unpaired) electrons. The summed E-state index contributed by atoms with van der Waals surface area (Å²) < 4.78 is 11.5. The lowest BCUT2D eigenvalue weighted by atomic mass is 9.64. The minimum absolute atomic E-state index is 0.0251. The molecule has 5 nitrogen and oxygen atoms in total. The van der Waals surface area contributed by atoms with Gasteiger partial charge in [0.1, 0.15) is 17.8 Å². The first-order chi connectivity index (χ1) is 17.6. The van der Waals surface area contributed by atoms with Gasteiger partial charge in [-0.3, -0.25) is 14.4 Å². The summed E-state index contributed by atoms with van der Waals surface area (Å²) >= 11 is 0. The molecule has 1 aliphatic heterocycles. The Morgan fingerprint density at radius 2 is 1.33 bits per heavy atom. The first-order valence-electron chi connectivity index (χ1n) is 11.8. The highest BCUT2D eigenvalue weighted by molar-refractivity contribution is 6.03. The Morgan fingerprint density at radius 1 is 0.750 bits per heavy atom. The molecule has 0 aliphatic carbocycles. The molecular formula is C31H24O5. The molecule has 5 rings (SSSR count). The number of carbonyl (C=O) groups excluding carboxylic acids is 3. The van der Waals surface area contributed by atoms with Crippen LogP contribution in [0.15, 0.2) is 115 Å². The first-order valence-corrected chi connectivity index (χ1v) is 11.8. The van der Waals surface area contributed by atoms with Crippen LogP contribution in [-0.4, -0.2) is 17.7 Å². The van der Waals surface area contributed by atoms with E-state index in [-0.39, 0.29) is 18.8 Å². The van der Waals surface area contributed by atoms with Crippen LogP contribution in [0.3, 0.4) is 0 Å². The smallest absolute Gasteiger partial charge is 0.327 e. The predicted octanol–water partition coefficient (Wildman–Crippen LogP) is 5.52. The summed E-state index contributed by atoms with van der Waals surface area (Å²) in [5, 5.41) is 0. The SMILES string of the molecule is O=C(CC(C(=O)OCc1ccccc1)C1(c2ccccc2)C(=O)Oc2ccccc21)c1ccccc1. The van der Waals surface area contributed by atoms with E-state index in [2.05, 4.69) is 0 Å². The number of fused-ring (bicyclic) bond motifs is 1. The van der Waals surface area contributed by atoms with E-state index in [9.17, 15) is 14.4 Å². The lowest BCUT2D eigenvalue weighted by Crippen LogP contribution is -2.47. The second kappa shape index (κ2) is 10.0. The summed E-state index contributed by atoms with van der Waals surface area (Å²) in [6.07, 6.45) is -0.226. The van der Waals surface area contributed by atoms with Gasteiger partial charge in [-0.25, -0.2) is 0 Å². The van der Waals surface area contributed by atoms with Gasteiger partial charge in [0, 0.05) is 17.5 Å². The maximum absolute atomic E-state index is 13.8. The first kappa shape index (κ1) is 23.2. The van der Waals surface area contributed by atoms with Crippen molar-refractivity contribution < 1.29 is 23.9 Å². The molecule has 4 aromatic rings. The Morgan fingerprint density at radius 3 is 2.03 bits per heavy atom. The van der Waals surface area contributed by atoms with Crippen molar-refractivity contribution in [3.63, 3.8) is 0 Å². The minimum atomic E-state index is -1.53. The molecular weight excluding hydrogens is 452 g/mol. The average Bonchev–Trinajstić information content (AvgIpc) is 3.24. The third-order valence-corrected chi connectivity index (χ3v) is 6.58. The minimum Gasteiger partial charge on any atom is -0.461 e. The quantitative estimate of drug-likeness (QED) is 0.190. The van der Waals surface area contributed by atoms with E-state index in [0.29, 0.717) is 22.4 Å². The second-order valence-corrected chi connectivity index (χ2v) is 8.70. The second-order valence-electron chi connectivity index (χ2n) is 8.70. The Bertz CT molecular complexity index is 1380. The number of carbonyl (C=O) groups is 3. The third-order valence-electron chi connectivity index (χ3n) is 6.58. The Hall–Kier alpha value is -4.51. The van der Waals surface area contributed by atoms with Crippen LogP contribution in [0.5, 0.6) is 5.75 Å². The molecule has 36 heavy (non-hydrogen) atoms. The summed E-state index contributed by atoms with van der Waals surface area (Å²) in [5.41, 5.74) is 0.852. The number of rotatable bonds is 8. The number of benzene rings is 4. The van der Waals surface area contributed by atoms with E-state index in [1.54, 1.807) is 72.8 Å². The van der Waals surface area contributed by atoms with Gasteiger partial charge < -0.3 is 9.47 Å². The average molecular weight is 477 g/mol. The van der Waals surface area contributed by atoms with Crippen molar-refractivity contribution in [1.29, 1.82) is 0 Å². The van der Waals surface area contributed by atoms with Crippen LogP contribution in [0.2, 0.25) is 0 Å². The van der Waals surface area contributed by atoms with Crippen LogP contribution >= 0.6 is 0 Å². The number of Topliss-reactive ketones (excluding diaryl/α,β-unsaturated/α-hetero) is 1. The highest BCUT2D eigenvalue weighted by Gasteiger charge is 2.59. The van der Waals surface area contributed by atoms with Gasteiger partial charge in [0.05, 0.1) is 5.92 Å². The van der Waals surface area contributed by atoms with E-state index >= 15 is 0 Å². The number of esters is 2. The summed E-state index contributed by atoms with van der Waals surface area (Å²) in [6.45, 7) is 0.0251. The summed E-state index contributed by atoms with van der Waals surface area (Å²) in [5.74, 6) is -2.27. The van der Waals surface area contributed by atoms with Gasteiger partial charge >= 0.3 is 11.9 Å². The van der Waals surface area contributed by atoms with Crippen LogP contribution in [0.1, 0.15) is 33.5 Å². The molecule has 5 heteroatoms. The third kappa shape index (κ3) is 4.20. The lowest BCUT2D eigenvalue weighted by molar-refractivity contribution is -0.156. The van der Waals surface area contributed by atoms with E-state index in [1.165, 1.54) is 0 Å². The normalized spacial score (nSPS) is 17.1. The van der Waals surface area contributed by atoms with Crippen molar-refractivity contribution in [2.24, 2.45) is 5.92 Å². The van der Waals surface area contributed by atoms with E-state index in [0.717, 1.165) is 5.56 Å². The van der Waals surface area contributed by atoms with Crippen LogP contribution in [0, 0.1) is 5.92 Å². The standard InChI is InChI=1S/C31H24O5/c32-27(23-14-6-2-7-15-23)20-26(29(33)35-21-22-12-4-1-5-13-22)31(24-16-8-3-9-17-24)25-18-10-11-19-28(25)36-30(31)34/h1-19,26H,20-21H2. The van der Waals surface area contributed by atoms with Crippen LogP contribution in [0.4, 0.5) is 0 Å². The summed E-state index contributed by atoms with van der Waals surface area (Å²) in [4.78, 5) is 41.0. The van der Waals surface area contributed by atoms with E-state index in [1.807, 2.05) is 42.5 Å². The molecule has 1 aliphatic rings. The van der Waals surface area contributed by atoms with Gasteiger partial charge in [-0.1, -0.05) is 109 Å². The van der Waals surface area contributed by atoms with Gasteiger partial charge in [0.25, 0.3) is 0 Å². The van der Waals surface area contributed by atoms with Gasteiger partial charge in [0.2, 0.25) is 0 Å². The van der Waals surface area contributed by atoms with Gasteiger partial charge in [0.15, 0.2) is 5.78 Å². The Balaban J connectivity index is 1.62. The number of hydrogen-bond acceptors (Lipinski definition) is 5. The molecule has 4 aromatic carbocycles. The van der Waals surface area contributed by atoms with Crippen LogP contribution in [0.25, 0.3) is 0 Å². The van der Waals surface area contributed by atoms with Gasteiger partial charge in [-0.2, -0.15) is 0 Å². The molecule has 0 spiro atoms. The maximum atomic E-state index is 13.8. The molecule has 0 saturated heterocycles. The molecule has 0 aromatic heterocycles. The maximum Gasteiger partial charge on any atom is 0.327 e.